The molecule has 0 aromatic carbocycles. The summed E-state index contributed by atoms with van der Waals surface area (Å²) in [4.78, 5) is 7.26. The number of aryl methyl sites for hydroxylation is 1. The lowest BCUT2D eigenvalue weighted by atomic mass is 10.0. The minimum absolute atomic E-state index is 0.131. The Morgan fingerprint density at radius 2 is 1.78 bits per heavy atom. The average Bonchev–Trinajstić information content (AvgIpc) is 2.28. The fourth-order valence-corrected chi connectivity index (χ4v) is 1.74. The number of alkyl halides is 3. The molecule has 2 rings (SSSR count). The first kappa shape index (κ1) is 12.3. The van der Waals surface area contributed by atoms with Gasteiger partial charge in [-0.05, 0) is 36.2 Å². The van der Waals surface area contributed by atoms with Gasteiger partial charge < -0.3 is 5.73 Å². The maximum atomic E-state index is 12.6. The molecule has 2 N–H and O–H groups in total. The van der Waals surface area contributed by atoms with Gasteiger partial charge in [-0.2, -0.15) is 13.2 Å². The zero-order valence-corrected chi connectivity index (χ0v) is 9.49. The van der Waals surface area contributed by atoms with Gasteiger partial charge in [0.1, 0.15) is 11.5 Å². The van der Waals surface area contributed by atoms with E-state index < -0.39 is 11.9 Å². The van der Waals surface area contributed by atoms with Crippen LogP contribution in [0, 0.1) is 6.92 Å². The van der Waals surface area contributed by atoms with Crippen molar-refractivity contribution in [2.24, 2.45) is 0 Å². The third kappa shape index (κ3) is 2.27. The second-order valence-corrected chi connectivity index (χ2v) is 3.82. The van der Waals surface area contributed by atoms with E-state index in [0.717, 1.165) is 6.07 Å². The Labute approximate surface area is 101 Å². The highest BCUT2D eigenvalue weighted by Crippen LogP contribution is 2.34. The summed E-state index contributed by atoms with van der Waals surface area (Å²) in [5.74, 6) is -0.131. The van der Waals surface area contributed by atoms with Crippen molar-refractivity contribution in [2.45, 2.75) is 13.1 Å². The summed E-state index contributed by atoms with van der Waals surface area (Å²) in [5.41, 5.74) is 6.27. The van der Waals surface area contributed by atoms with E-state index in [1.165, 1.54) is 0 Å². The van der Waals surface area contributed by atoms with Crippen molar-refractivity contribution in [3.63, 3.8) is 0 Å². The predicted molar refractivity (Wildman–Crippen MR) is 61.6 cm³/mol. The smallest absolute Gasteiger partial charge is 0.383 e. The van der Waals surface area contributed by atoms with Crippen molar-refractivity contribution < 1.29 is 13.2 Å². The lowest BCUT2D eigenvalue weighted by Crippen LogP contribution is -2.11. The summed E-state index contributed by atoms with van der Waals surface area (Å²) in [6.07, 6.45) is -1.40. The van der Waals surface area contributed by atoms with E-state index >= 15 is 0 Å². The molecule has 94 valence electrons. The molecule has 0 spiro atoms. The normalized spacial score (nSPS) is 11.6. The van der Waals surface area contributed by atoms with Gasteiger partial charge in [-0.15, -0.1) is 0 Å². The fraction of sp³-hybridized carbons (Fsp3) is 0.167. The van der Waals surface area contributed by atoms with Gasteiger partial charge in [-0.25, -0.2) is 4.98 Å². The number of nitrogens with zero attached hydrogens (tertiary/aromatic N) is 2. The van der Waals surface area contributed by atoms with Gasteiger partial charge in [-0.3, -0.25) is 4.98 Å². The van der Waals surface area contributed by atoms with Crippen LogP contribution in [-0.2, 0) is 6.18 Å². The Morgan fingerprint density at radius 3 is 2.28 bits per heavy atom. The molecule has 0 saturated heterocycles. The van der Waals surface area contributed by atoms with Crippen LogP contribution in [0.15, 0.2) is 30.6 Å². The fourth-order valence-electron chi connectivity index (χ4n) is 1.74. The summed E-state index contributed by atoms with van der Waals surface area (Å²) >= 11 is 0. The predicted octanol–water partition coefficient (Wildman–Crippen LogP) is 3.05. The minimum Gasteiger partial charge on any atom is -0.383 e. The van der Waals surface area contributed by atoms with Crippen LogP contribution in [0.2, 0.25) is 0 Å². The highest BCUT2D eigenvalue weighted by Gasteiger charge is 2.33. The van der Waals surface area contributed by atoms with Crippen LogP contribution in [0.25, 0.3) is 11.1 Å². The molecule has 3 nitrogen and oxygen atoms in total. The van der Waals surface area contributed by atoms with E-state index in [4.69, 9.17) is 5.73 Å². The van der Waals surface area contributed by atoms with Crippen molar-refractivity contribution in [1.29, 1.82) is 0 Å². The van der Waals surface area contributed by atoms with Gasteiger partial charge in [0.05, 0.1) is 0 Å². The molecule has 6 heteroatoms. The third-order valence-electron chi connectivity index (χ3n) is 2.50. The lowest BCUT2D eigenvalue weighted by Gasteiger charge is -2.13. The number of nitrogens with two attached hydrogens (primary N) is 1. The minimum atomic E-state index is -4.49. The van der Waals surface area contributed by atoms with Crippen LogP contribution in [-0.4, -0.2) is 9.97 Å². The summed E-state index contributed by atoms with van der Waals surface area (Å²) in [6, 6.07) is 4.34. The van der Waals surface area contributed by atoms with Gasteiger partial charge in [0.2, 0.25) is 0 Å². The SMILES string of the molecule is Cc1cc(C(F)(F)F)nc(N)c1-c1ccncc1. The molecule has 0 fully saturated rings. The van der Waals surface area contributed by atoms with Gasteiger partial charge in [0.25, 0.3) is 0 Å². The van der Waals surface area contributed by atoms with E-state index in [-0.39, 0.29) is 5.82 Å². The molecule has 0 radical (unpaired) electrons. The standard InChI is InChI=1S/C12H10F3N3/c1-7-6-9(12(13,14)15)18-11(16)10(7)8-2-4-17-5-3-8/h2-6H,1H3,(H2,16,18). The quantitative estimate of drug-likeness (QED) is 0.849. The zero-order chi connectivity index (χ0) is 13.3. The van der Waals surface area contributed by atoms with Crippen LogP contribution in [0.4, 0.5) is 19.0 Å². The van der Waals surface area contributed by atoms with E-state index in [9.17, 15) is 13.2 Å². The molecule has 0 bridgehead atoms. The maximum absolute atomic E-state index is 12.6. The van der Waals surface area contributed by atoms with Gasteiger partial charge in [0.15, 0.2) is 0 Å². The van der Waals surface area contributed by atoms with E-state index in [1.54, 1.807) is 31.5 Å². The number of aromatic nitrogens is 2. The Bertz CT molecular complexity index is 542. The molecule has 0 amide bonds. The summed E-state index contributed by atoms with van der Waals surface area (Å²) in [5, 5.41) is 0. The second-order valence-electron chi connectivity index (χ2n) is 3.82. The van der Waals surface area contributed by atoms with Crippen molar-refractivity contribution in [3.05, 3.63) is 41.9 Å². The number of anilines is 1. The molecule has 18 heavy (non-hydrogen) atoms. The summed E-state index contributed by atoms with van der Waals surface area (Å²) < 4.78 is 37.7. The van der Waals surface area contributed by atoms with Crippen LogP contribution in [0.1, 0.15) is 11.3 Å². The van der Waals surface area contributed by atoms with Gasteiger partial charge >= 0.3 is 6.18 Å². The molecular formula is C12H10F3N3. The molecule has 0 atom stereocenters. The molecule has 0 aliphatic heterocycles. The van der Waals surface area contributed by atoms with Gasteiger partial charge in [-0.1, -0.05) is 0 Å². The largest absolute Gasteiger partial charge is 0.433 e. The van der Waals surface area contributed by atoms with E-state index in [1.807, 2.05) is 0 Å². The zero-order valence-electron chi connectivity index (χ0n) is 9.49. The number of pyridine rings is 2. The first-order valence-corrected chi connectivity index (χ1v) is 5.14. The first-order valence-electron chi connectivity index (χ1n) is 5.14. The molecule has 2 aromatic heterocycles. The van der Waals surface area contributed by atoms with Crippen LogP contribution in [0.3, 0.4) is 0 Å². The summed E-state index contributed by atoms with van der Waals surface area (Å²) in [7, 11) is 0. The number of hydrogen-bond donors (Lipinski definition) is 1. The Kier molecular flexibility index (Phi) is 2.94. The van der Waals surface area contributed by atoms with Crippen molar-refractivity contribution >= 4 is 5.82 Å². The highest BCUT2D eigenvalue weighted by atomic mass is 19.4. The molecule has 0 aliphatic rings. The molecule has 0 saturated carbocycles. The topological polar surface area (TPSA) is 51.8 Å². The number of nitrogen functional groups attached to an aromatic ring is 1. The Hall–Kier alpha value is -2.11. The maximum Gasteiger partial charge on any atom is 0.433 e. The van der Waals surface area contributed by atoms with E-state index in [0.29, 0.717) is 16.7 Å². The first-order chi connectivity index (χ1) is 8.39. The number of halogens is 3. The molecular weight excluding hydrogens is 243 g/mol. The molecule has 0 aliphatic carbocycles. The number of hydrogen-bond acceptors (Lipinski definition) is 3. The van der Waals surface area contributed by atoms with Crippen LogP contribution < -0.4 is 5.73 Å². The molecule has 2 aromatic rings. The van der Waals surface area contributed by atoms with Crippen molar-refractivity contribution in [1.82, 2.24) is 9.97 Å². The molecule has 2 heterocycles. The van der Waals surface area contributed by atoms with E-state index in [2.05, 4.69) is 9.97 Å². The third-order valence-corrected chi connectivity index (χ3v) is 2.50. The van der Waals surface area contributed by atoms with Crippen molar-refractivity contribution in [3.8, 4) is 11.1 Å². The van der Waals surface area contributed by atoms with Crippen LogP contribution >= 0.6 is 0 Å². The second kappa shape index (κ2) is 4.29. The van der Waals surface area contributed by atoms with Crippen molar-refractivity contribution in [2.75, 3.05) is 5.73 Å². The highest BCUT2D eigenvalue weighted by molar-refractivity contribution is 5.76. The van der Waals surface area contributed by atoms with Gasteiger partial charge in [0, 0.05) is 18.0 Å². The summed E-state index contributed by atoms with van der Waals surface area (Å²) in [6.45, 7) is 1.57. The van der Waals surface area contributed by atoms with Crippen LogP contribution in [0.5, 0.6) is 0 Å². The Balaban J connectivity index is 2.59. The average molecular weight is 253 g/mol. The number of rotatable bonds is 1. The monoisotopic (exact) mass is 253 g/mol. The molecule has 0 unspecified atom stereocenters. The Morgan fingerprint density at radius 1 is 1.17 bits per heavy atom. The lowest BCUT2D eigenvalue weighted by molar-refractivity contribution is -0.141.